The standard InChI is InChI=1S/C10H10ClFO3/c1-3-15-8-5-6(10(13)14-2)4-7(11)9(8)12/h4-5H,3H2,1-2H3. The Kier molecular flexibility index (Phi) is 3.91. The molecule has 0 amide bonds. The summed E-state index contributed by atoms with van der Waals surface area (Å²) < 4.78 is 22.8. The molecule has 0 spiro atoms. The van der Waals surface area contributed by atoms with Crippen LogP contribution in [0.1, 0.15) is 17.3 Å². The first kappa shape index (κ1) is 11.8. The highest BCUT2D eigenvalue weighted by molar-refractivity contribution is 6.31. The summed E-state index contributed by atoms with van der Waals surface area (Å²) in [6.07, 6.45) is 0. The van der Waals surface area contributed by atoms with Crippen LogP contribution in [-0.4, -0.2) is 19.7 Å². The SMILES string of the molecule is CCOc1cc(C(=O)OC)cc(Cl)c1F. The van der Waals surface area contributed by atoms with E-state index in [1.165, 1.54) is 19.2 Å². The number of benzene rings is 1. The fourth-order valence-electron chi connectivity index (χ4n) is 1.06. The van der Waals surface area contributed by atoms with E-state index in [1.807, 2.05) is 0 Å². The molecule has 0 aliphatic heterocycles. The quantitative estimate of drug-likeness (QED) is 0.752. The van der Waals surface area contributed by atoms with Crippen molar-refractivity contribution in [3.8, 4) is 5.75 Å². The number of methoxy groups -OCH3 is 1. The Bertz CT molecular complexity index is 379. The van der Waals surface area contributed by atoms with Gasteiger partial charge in [-0.2, -0.15) is 0 Å². The Morgan fingerprint density at radius 2 is 2.20 bits per heavy atom. The van der Waals surface area contributed by atoms with E-state index in [0.29, 0.717) is 0 Å². The van der Waals surface area contributed by atoms with Crippen molar-refractivity contribution < 1.29 is 18.7 Å². The molecule has 1 rings (SSSR count). The molecule has 0 atom stereocenters. The molecule has 0 radical (unpaired) electrons. The van der Waals surface area contributed by atoms with Crippen LogP contribution in [0.3, 0.4) is 0 Å². The molecule has 0 saturated heterocycles. The van der Waals surface area contributed by atoms with E-state index in [2.05, 4.69) is 4.74 Å². The molecular formula is C10H10ClFO3. The predicted octanol–water partition coefficient (Wildman–Crippen LogP) is 2.66. The van der Waals surface area contributed by atoms with E-state index < -0.39 is 11.8 Å². The molecule has 0 heterocycles. The number of ether oxygens (including phenoxy) is 2. The highest BCUT2D eigenvalue weighted by Crippen LogP contribution is 2.27. The van der Waals surface area contributed by atoms with Gasteiger partial charge in [-0.15, -0.1) is 0 Å². The molecule has 1 aromatic rings. The minimum Gasteiger partial charge on any atom is -0.491 e. The highest BCUT2D eigenvalue weighted by Gasteiger charge is 2.14. The number of carbonyl (C=O) groups excluding carboxylic acids is 1. The molecule has 0 saturated carbocycles. The molecule has 0 unspecified atom stereocenters. The van der Waals surface area contributed by atoms with Crippen LogP contribution in [0.5, 0.6) is 5.75 Å². The minimum atomic E-state index is -0.675. The maximum Gasteiger partial charge on any atom is 0.338 e. The zero-order chi connectivity index (χ0) is 11.4. The zero-order valence-electron chi connectivity index (χ0n) is 8.34. The third kappa shape index (κ3) is 2.59. The Hall–Kier alpha value is -1.29. The van der Waals surface area contributed by atoms with E-state index in [0.717, 1.165) is 0 Å². The highest BCUT2D eigenvalue weighted by atomic mass is 35.5. The first-order valence-corrected chi connectivity index (χ1v) is 4.68. The smallest absolute Gasteiger partial charge is 0.338 e. The lowest BCUT2D eigenvalue weighted by Gasteiger charge is -2.07. The van der Waals surface area contributed by atoms with E-state index in [1.54, 1.807) is 6.92 Å². The molecule has 0 aromatic heterocycles. The molecule has 0 fully saturated rings. The van der Waals surface area contributed by atoms with Crippen molar-refractivity contribution in [1.82, 2.24) is 0 Å². The van der Waals surface area contributed by atoms with Crippen LogP contribution in [0.4, 0.5) is 4.39 Å². The van der Waals surface area contributed by atoms with Crippen LogP contribution in [-0.2, 0) is 4.74 Å². The van der Waals surface area contributed by atoms with Gasteiger partial charge in [-0.3, -0.25) is 0 Å². The average Bonchev–Trinajstić information content (AvgIpc) is 2.23. The van der Waals surface area contributed by atoms with Crippen molar-refractivity contribution in [2.24, 2.45) is 0 Å². The van der Waals surface area contributed by atoms with Gasteiger partial charge >= 0.3 is 5.97 Å². The van der Waals surface area contributed by atoms with Gasteiger partial charge in [-0.05, 0) is 19.1 Å². The van der Waals surface area contributed by atoms with Crippen molar-refractivity contribution in [2.45, 2.75) is 6.92 Å². The number of carbonyl (C=O) groups is 1. The van der Waals surface area contributed by atoms with E-state index >= 15 is 0 Å². The van der Waals surface area contributed by atoms with E-state index in [-0.39, 0.29) is 22.9 Å². The van der Waals surface area contributed by atoms with E-state index in [4.69, 9.17) is 16.3 Å². The second-order valence-corrected chi connectivity index (χ2v) is 3.10. The molecular weight excluding hydrogens is 223 g/mol. The Labute approximate surface area is 91.7 Å². The molecule has 0 aliphatic rings. The fourth-order valence-corrected chi connectivity index (χ4v) is 1.27. The summed E-state index contributed by atoms with van der Waals surface area (Å²) in [5.74, 6) is -1.31. The lowest BCUT2D eigenvalue weighted by molar-refractivity contribution is 0.0600. The normalized spacial score (nSPS) is 9.87. The molecule has 5 heteroatoms. The van der Waals surface area contributed by atoms with Crippen molar-refractivity contribution >= 4 is 17.6 Å². The average molecular weight is 233 g/mol. The summed E-state index contributed by atoms with van der Waals surface area (Å²) in [7, 11) is 1.24. The van der Waals surface area contributed by atoms with Crippen molar-refractivity contribution in [3.05, 3.63) is 28.5 Å². The lowest BCUT2D eigenvalue weighted by Crippen LogP contribution is -2.04. The number of hydrogen-bond donors (Lipinski definition) is 0. The first-order chi connectivity index (χ1) is 7.10. The Morgan fingerprint density at radius 1 is 1.53 bits per heavy atom. The third-order valence-corrected chi connectivity index (χ3v) is 1.99. The maximum absolute atomic E-state index is 13.3. The molecule has 3 nitrogen and oxygen atoms in total. The largest absolute Gasteiger partial charge is 0.491 e. The third-order valence-electron chi connectivity index (χ3n) is 1.72. The van der Waals surface area contributed by atoms with Gasteiger partial charge in [0, 0.05) is 0 Å². The lowest BCUT2D eigenvalue weighted by atomic mass is 10.2. The van der Waals surface area contributed by atoms with Gasteiger partial charge in [0.15, 0.2) is 11.6 Å². The number of hydrogen-bond acceptors (Lipinski definition) is 3. The molecule has 82 valence electrons. The Morgan fingerprint density at radius 3 is 2.73 bits per heavy atom. The van der Waals surface area contributed by atoms with Crippen LogP contribution in [0.2, 0.25) is 5.02 Å². The second kappa shape index (κ2) is 4.98. The molecule has 1 aromatic carbocycles. The molecule has 15 heavy (non-hydrogen) atoms. The fraction of sp³-hybridized carbons (Fsp3) is 0.300. The Balaban J connectivity index is 3.16. The van der Waals surface area contributed by atoms with E-state index in [9.17, 15) is 9.18 Å². The number of halogens is 2. The predicted molar refractivity (Wildman–Crippen MR) is 53.9 cm³/mol. The van der Waals surface area contributed by atoms with Gasteiger partial charge in [-0.25, -0.2) is 9.18 Å². The summed E-state index contributed by atoms with van der Waals surface area (Å²) in [6.45, 7) is 2.00. The monoisotopic (exact) mass is 232 g/mol. The van der Waals surface area contributed by atoms with Crippen molar-refractivity contribution in [3.63, 3.8) is 0 Å². The zero-order valence-corrected chi connectivity index (χ0v) is 9.10. The number of esters is 1. The molecule has 0 bridgehead atoms. The molecule has 0 N–H and O–H groups in total. The summed E-state index contributed by atoms with van der Waals surface area (Å²) in [5.41, 5.74) is 0.160. The van der Waals surface area contributed by atoms with Gasteiger partial charge < -0.3 is 9.47 Å². The van der Waals surface area contributed by atoms with Gasteiger partial charge in [-0.1, -0.05) is 11.6 Å². The molecule has 0 aliphatic carbocycles. The topological polar surface area (TPSA) is 35.5 Å². The second-order valence-electron chi connectivity index (χ2n) is 2.69. The number of rotatable bonds is 3. The summed E-state index contributed by atoms with van der Waals surface area (Å²) in [6, 6.07) is 2.46. The van der Waals surface area contributed by atoms with Gasteiger partial charge in [0.1, 0.15) is 0 Å². The van der Waals surface area contributed by atoms with Gasteiger partial charge in [0.2, 0.25) is 0 Å². The summed E-state index contributed by atoms with van der Waals surface area (Å²) in [5, 5.41) is -0.165. The first-order valence-electron chi connectivity index (χ1n) is 4.30. The van der Waals surface area contributed by atoms with Crippen molar-refractivity contribution in [1.29, 1.82) is 0 Å². The van der Waals surface area contributed by atoms with Crippen LogP contribution < -0.4 is 4.74 Å². The van der Waals surface area contributed by atoms with Crippen LogP contribution in [0, 0.1) is 5.82 Å². The van der Waals surface area contributed by atoms with Crippen LogP contribution >= 0.6 is 11.6 Å². The van der Waals surface area contributed by atoms with Gasteiger partial charge in [0.25, 0.3) is 0 Å². The minimum absolute atomic E-state index is 0.0506. The van der Waals surface area contributed by atoms with Gasteiger partial charge in [0.05, 0.1) is 24.3 Å². The summed E-state index contributed by atoms with van der Waals surface area (Å²) >= 11 is 5.59. The maximum atomic E-state index is 13.3. The van der Waals surface area contributed by atoms with Crippen molar-refractivity contribution in [2.75, 3.05) is 13.7 Å². The van der Waals surface area contributed by atoms with Crippen LogP contribution in [0.15, 0.2) is 12.1 Å². The summed E-state index contributed by atoms with van der Waals surface area (Å²) in [4.78, 5) is 11.2. The van der Waals surface area contributed by atoms with Crippen LogP contribution in [0.25, 0.3) is 0 Å².